The lowest BCUT2D eigenvalue weighted by Crippen LogP contribution is -2.45. The Morgan fingerprint density at radius 2 is 2.03 bits per heavy atom. The highest BCUT2D eigenvalue weighted by Crippen LogP contribution is 2.23. The van der Waals surface area contributed by atoms with Crippen LogP contribution in [0.25, 0.3) is 11.1 Å². The van der Waals surface area contributed by atoms with Gasteiger partial charge in [-0.25, -0.2) is 0 Å². The van der Waals surface area contributed by atoms with E-state index in [0.717, 1.165) is 36.3 Å². The summed E-state index contributed by atoms with van der Waals surface area (Å²) in [6.07, 6.45) is 5.37. The Labute approximate surface area is 169 Å². The summed E-state index contributed by atoms with van der Waals surface area (Å²) in [5, 5.41) is 9.48. The molecule has 1 saturated heterocycles. The maximum absolute atomic E-state index is 13.5. The third-order valence-electron chi connectivity index (χ3n) is 5.37. The Bertz CT molecular complexity index is 1100. The summed E-state index contributed by atoms with van der Waals surface area (Å²) >= 11 is 0. The van der Waals surface area contributed by atoms with Gasteiger partial charge < -0.3 is 10.6 Å². The van der Waals surface area contributed by atoms with Crippen LogP contribution in [0.5, 0.6) is 0 Å². The molecule has 6 nitrogen and oxygen atoms in total. The minimum Gasteiger partial charge on any atom is -0.356 e. The van der Waals surface area contributed by atoms with Crippen molar-refractivity contribution in [3.05, 3.63) is 82.4 Å². The first kappa shape index (κ1) is 18.9. The number of nitriles is 1. The Morgan fingerprint density at radius 3 is 2.79 bits per heavy atom. The van der Waals surface area contributed by atoms with Gasteiger partial charge >= 0.3 is 0 Å². The van der Waals surface area contributed by atoms with Crippen molar-refractivity contribution >= 4 is 5.82 Å². The van der Waals surface area contributed by atoms with E-state index in [2.05, 4.69) is 16.0 Å². The van der Waals surface area contributed by atoms with E-state index in [-0.39, 0.29) is 11.6 Å². The molecule has 0 unspecified atom stereocenters. The van der Waals surface area contributed by atoms with E-state index < -0.39 is 0 Å². The van der Waals surface area contributed by atoms with Crippen LogP contribution < -0.4 is 16.2 Å². The van der Waals surface area contributed by atoms with Gasteiger partial charge in [0, 0.05) is 42.7 Å². The molecule has 1 aliphatic heterocycles. The summed E-state index contributed by atoms with van der Waals surface area (Å²) in [4.78, 5) is 19.8. The van der Waals surface area contributed by atoms with Crippen LogP contribution in [-0.2, 0) is 6.54 Å². The summed E-state index contributed by atoms with van der Waals surface area (Å²) in [6.45, 7) is 1.91. The van der Waals surface area contributed by atoms with E-state index in [1.165, 1.54) is 0 Å². The van der Waals surface area contributed by atoms with Gasteiger partial charge in [-0.3, -0.25) is 14.3 Å². The van der Waals surface area contributed by atoms with E-state index in [1.807, 2.05) is 42.5 Å². The van der Waals surface area contributed by atoms with Crippen molar-refractivity contribution in [3.8, 4) is 17.2 Å². The first-order valence-corrected chi connectivity index (χ1v) is 9.80. The molecule has 0 amide bonds. The standard InChI is InChI=1S/C23H23N5O/c24-13-17-5-1-2-6-19(17)15-28-22(27-12-4-8-20(25)16-27)10-9-21(23(28)29)18-7-3-11-26-14-18/h1-3,5-7,9-11,14,20H,4,8,12,15-16,25H2/t20-/m1/s1. The number of nitrogens with two attached hydrogens (primary N) is 1. The van der Waals surface area contributed by atoms with Crippen LogP contribution in [-0.4, -0.2) is 28.7 Å². The number of hydrogen-bond donors (Lipinski definition) is 1. The summed E-state index contributed by atoms with van der Waals surface area (Å²) < 4.78 is 1.76. The highest BCUT2D eigenvalue weighted by atomic mass is 16.1. The van der Waals surface area contributed by atoms with Gasteiger partial charge in [0.1, 0.15) is 5.82 Å². The molecule has 146 valence electrons. The molecule has 0 spiro atoms. The van der Waals surface area contributed by atoms with Crippen LogP contribution in [0.3, 0.4) is 0 Å². The quantitative estimate of drug-likeness (QED) is 0.746. The van der Waals surface area contributed by atoms with Crippen LogP contribution in [0.4, 0.5) is 5.82 Å². The topological polar surface area (TPSA) is 87.9 Å². The molecule has 29 heavy (non-hydrogen) atoms. The molecule has 3 aromatic rings. The normalized spacial score (nSPS) is 16.4. The van der Waals surface area contributed by atoms with Crippen molar-refractivity contribution in [2.45, 2.75) is 25.4 Å². The summed E-state index contributed by atoms with van der Waals surface area (Å²) in [5.74, 6) is 0.838. The van der Waals surface area contributed by atoms with Crippen LogP contribution in [0, 0.1) is 11.3 Å². The number of pyridine rings is 2. The van der Waals surface area contributed by atoms with Gasteiger partial charge in [0.25, 0.3) is 5.56 Å². The fraction of sp³-hybridized carbons (Fsp3) is 0.261. The minimum absolute atomic E-state index is 0.0942. The molecule has 0 saturated carbocycles. The van der Waals surface area contributed by atoms with Gasteiger partial charge in [-0.15, -0.1) is 0 Å². The number of piperidine rings is 1. The monoisotopic (exact) mass is 385 g/mol. The fourth-order valence-corrected chi connectivity index (χ4v) is 3.89. The summed E-state index contributed by atoms with van der Waals surface area (Å²) in [5.41, 5.74) is 8.87. The lowest BCUT2D eigenvalue weighted by Gasteiger charge is -2.34. The summed E-state index contributed by atoms with van der Waals surface area (Å²) in [7, 11) is 0. The summed E-state index contributed by atoms with van der Waals surface area (Å²) in [6, 6.07) is 17.3. The smallest absolute Gasteiger partial charge is 0.260 e. The van der Waals surface area contributed by atoms with Crippen molar-refractivity contribution in [2.24, 2.45) is 5.73 Å². The average molecular weight is 385 g/mol. The molecular weight excluding hydrogens is 362 g/mol. The zero-order valence-corrected chi connectivity index (χ0v) is 16.2. The molecule has 0 aliphatic carbocycles. The lowest BCUT2D eigenvalue weighted by atomic mass is 10.1. The Kier molecular flexibility index (Phi) is 5.41. The van der Waals surface area contributed by atoms with Crippen molar-refractivity contribution < 1.29 is 0 Å². The predicted molar refractivity (Wildman–Crippen MR) is 114 cm³/mol. The van der Waals surface area contributed by atoms with E-state index >= 15 is 0 Å². The molecule has 0 bridgehead atoms. The number of benzene rings is 1. The van der Waals surface area contributed by atoms with Gasteiger partial charge in [0.15, 0.2) is 0 Å². The zero-order chi connectivity index (χ0) is 20.2. The van der Waals surface area contributed by atoms with E-state index in [1.54, 1.807) is 23.0 Å². The number of anilines is 1. The third kappa shape index (κ3) is 3.91. The van der Waals surface area contributed by atoms with Crippen LogP contribution in [0.2, 0.25) is 0 Å². The number of aromatic nitrogens is 2. The molecule has 1 aliphatic rings. The van der Waals surface area contributed by atoms with Crippen LogP contribution in [0.1, 0.15) is 24.0 Å². The number of hydrogen-bond acceptors (Lipinski definition) is 5. The lowest BCUT2D eigenvalue weighted by molar-refractivity contribution is 0.496. The minimum atomic E-state index is -0.0950. The zero-order valence-electron chi connectivity index (χ0n) is 16.2. The molecule has 4 rings (SSSR count). The second kappa shape index (κ2) is 8.29. The Balaban J connectivity index is 1.84. The maximum Gasteiger partial charge on any atom is 0.260 e. The van der Waals surface area contributed by atoms with Crippen molar-refractivity contribution in [3.63, 3.8) is 0 Å². The molecular formula is C23H23N5O. The largest absolute Gasteiger partial charge is 0.356 e. The average Bonchev–Trinajstić information content (AvgIpc) is 2.76. The van der Waals surface area contributed by atoms with Gasteiger partial charge in [-0.2, -0.15) is 5.26 Å². The Morgan fingerprint density at radius 1 is 1.17 bits per heavy atom. The van der Waals surface area contributed by atoms with Crippen molar-refractivity contribution in [2.75, 3.05) is 18.0 Å². The van der Waals surface area contributed by atoms with Gasteiger partial charge in [0.2, 0.25) is 0 Å². The first-order valence-electron chi connectivity index (χ1n) is 9.80. The molecule has 2 N–H and O–H groups in total. The van der Waals surface area contributed by atoms with Crippen LogP contribution in [0.15, 0.2) is 65.7 Å². The second-order valence-electron chi connectivity index (χ2n) is 7.36. The SMILES string of the molecule is N#Cc1ccccc1Cn1c(N2CCC[C@@H](N)C2)ccc(-c2cccnc2)c1=O. The molecule has 1 fully saturated rings. The molecule has 1 aromatic carbocycles. The highest BCUT2D eigenvalue weighted by molar-refractivity contribution is 5.63. The third-order valence-corrected chi connectivity index (χ3v) is 5.37. The van der Waals surface area contributed by atoms with E-state index in [9.17, 15) is 10.1 Å². The predicted octanol–water partition coefficient (Wildman–Crippen LogP) is 2.76. The molecule has 0 radical (unpaired) electrons. The second-order valence-corrected chi connectivity index (χ2v) is 7.36. The molecule has 3 heterocycles. The Hall–Kier alpha value is -3.43. The van der Waals surface area contributed by atoms with Crippen LogP contribution >= 0.6 is 0 Å². The van der Waals surface area contributed by atoms with Crippen molar-refractivity contribution in [1.29, 1.82) is 5.26 Å². The molecule has 6 heteroatoms. The first-order chi connectivity index (χ1) is 14.2. The van der Waals surface area contributed by atoms with E-state index in [4.69, 9.17) is 5.73 Å². The van der Waals surface area contributed by atoms with Crippen molar-refractivity contribution in [1.82, 2.24) is 9.55 Å². The highest BCUT2D eigenvalue weighted by Gasteiger charge is 2.21. The molecule has 2 aromatic heterocycles. The maximum atomic E-state index is 13.5. The van der Waals surface area contributed by atoms with Gasteiger partial charge in [-0.1, -0.05) is 24.3 Å². The van der Waals surface area contributed by atoms with E-state index in [0.29, 0.717) is 24.2 Å². The number of rotatable bonds is 4. The molecule has 1 atom stereocenters. The number of nitrogens with zero attached hydrogens (tertiary/aromatic N) is 4. The van der Waals surface area contributed by atoms with Gasteiger partial charge in [0.05, 0.1) is 18.2 Å². The van der Waals surface area contributed by atoms with Gasteiger partial charge in [-0.05, 0) is 42.7 Å². The fourth-order valence-electron chi connectivity index (χ4n) is 3.89.